The van der Waals surface area contributed by atoms with Gasteiger partial charge in [0.1, 0.15) is 0 Å². The van der Waals surface area contributed by atoms with Gasteiger partial charge in [0.15, 0.2) is 0 Å². The van der Waals surface area contributed by atoms with Gasteiger partial charge in [0.25, 0.3) is 0 Å². The Hall–Kier alpha value is -0.300. The number of allylic oxidation sites excluding steroid dienone is 2. The molecule has 0 aromatic heterocycles. The highest BCUT2D eigenvalue weighted by Gasteiger charge is 2.12. The average Bonchev–Trinajstić information content (AvgIpc) is 1.63. The zero-order valence-electron chi connectivity index (χ0n) is 6.06. The van der Waals surface area contributed by atoms with Crippen molar-refractivity contribution in [1.82, 2.24) is 0 Å². The van der Waals surface area contributed by atoms with E-state index in [0.717, 1.165) is 5.92 Å². The third-order valence-electron chi connectivity index (χ3n) is 1.79. The highest BCUT2D eigenvalue weighted by atomic mass is 16.0. The summed E-state index contributed by atoms with van der Waals surface area (Å²) in [5.41, 5.74) is 0. The Labute approximate surface area is 57.1 Å². The zero-order chi connectivity index (χ0) is 5.82. The first-order valence-electron chi connectivity index (χ1n) is 3.60. The molecule has 54 valence electrons. The summed E-state index contributed by atoms with van der Waals surface area (Å²) in [7, 11) is 0. The molecule has 2 N–H and O–H groups in total. The molecule has 0 bridgehead atoms. The Bertz CT molecular complexity index is 82.6. The van der Waals surface area contributed by atoms with Crippen molar-refractivity contribution >= 4 is 0 Å². The van der Waals surface area contributed by atoms with Crippen LogP contribution < -0.4 is 0 Å². The van der Waals surface area contributed by atoms with Gasteiger partial charge in [-0.1, -0.05) is 25.5 Å². The minimum absolute atomic E-state index is 0. The van der Waals surface area contributed by atoms with E-state index in [2.05, 4.69) is 19.1 Å². The predicted octanol–water partition coefficient (Wildman–Crippen LogP) is 1.93. The maximum atomic E-state index is 2.36. The van der Waals surface area contributed by atoms with E-state index in [1.165, 1.54) is 25.7 Å². The third-order valence-corrected chi connectivity index (χ3v) is 1.79. The van der Waals surface area contributed by atoms with Gasteiger partial charge in [-0.05, 0) is 25.2 Å². The van der Waals surface area contributed by atoms with E-state index in [-0.39, 0.29) is 5.48 Å². The molecule has 9 heavy (non-hydrogen) atoms. The van der Waals surface area contributed by atoms with Crippen LogP contribution in [0.15, 0.2) is 12.2 Å². The zero-order valence-corrected chi connectivity index (χ0v) is 6.06. The molecule has 0 aliphatic heterocycles. The van der Waals surface area contributed by atoms with Crippen molar-refractivity contribution < 1.29 is 5.48 Å². The molecular weight excluding hydrogens is 112 g/mol. The lowest BCUT2D eigenvalue weighted by Gasteiger charge is -2.20. The van der Waals surface area contributed by atoms with Crippen LogP contribution in [0.3, 0.4) is 0 Å². The fourth-order valence-electron chi connectivity index (χ4n) is 0.961. The molecule has 1 heteroatoms. The smallest absolute Gasteiger partial charge is 0.0234 e. The van der Waals surface area contributed by atoms with Crippen LogP contribution in [0.4, 0.5) is 0 Å². The highest BCUT2D eigenvalue weighted by Crippen LogP contribution is 2.27. The maximum absolute atomic E-state index is 2.36. The first kappa shape index (κ1) is 8.70. The first-order valence-corrected chi connectivity index (χ1v) is 3.60. The van der Waals surface area contributed by atoms with E-state index in [1.807, 2.05) is 0 Å². The summed E-state index contributed by atoms with van der Waals surface area (Å²) < 4.78 is 0. The quantitative estimate of drug-likeness (QED) is 0.509. The molecule has 0 saturated heterocycles. The fourth-order valence-corrected chi connectivity index (χ4v) is 0.961. The molecule has 1 nitrogen and oxygen atoms in total. The maximum Gasteiger partial charge on any atom is -0.0234 e. The van der Waals surface area contributed by atoms with E-state index >= 15 is 0 Å². The number of hydrogen-bond donors (Lipinski definition) is 0. The lowest BCUT2D eigenvalue weighted by atomic mass is 9.85. The molecule has 1 rings (SSSR count). The monoisotopic (exact) mass is 128 g/mol. The van der Waals surface area contributed by atoms with Crippen molar-refractivity contribution in [2.75, 3.05) is 0 Å². The van der Waals surface area contributed by atoms with Gasteiger partial charge in [-0.25, -0.2) is 0 Å². The number of rotatable bonds is 2. The van der Waals surface area contributed by atoms with Gasteiger partial charge in [-0.3, -0.25) is 0 Å². The summed E-state index contributed by atoms with van der Waals surface area (Å²) in [5.74, 6) is 0.954. The Morgan fingerprint density at radius 3 is 2.44 bits per heavy atom. The molecule has 1 aliphatic rings. The second-order valence-electron chi connectivity index (χ2n) is 2.53. The summed E-state index contributed by atoms with van der Waals surface area (Å²) in [5, 5.41) is 0. The first-order chi connectivity index (χ1) is 3.93. The van der Waals surface area contributed by atoms with Crippen LogP contribution >= 0.6 is 0 Å². The molecule has 0 radical (unpaired) electrons. The van der Waals surface area contributed by atoms with Crippen molar-refractivity contribution in [3.63, 3.8) is 0 Å². The summed E-state index contributed by atoms with van der Waals surface area (Å²) in [6.07, 6.45) is 10.2. The van der Waals surface area contributed by atoms with Crippen LogP contribution in [0.25, 0.3) is 0 Å². The molecule has 1 fully saturated rings. The summed E-state index contributed by atoms with van der Waals surface area (Å²) in [4.78, 5) is 0. The molecular formula is C8H16O. The van der Waals surface area contributed by atoms with Crippen molar-refractivity contribution in [2.24, 2.45) is 5.92 Å². The van der Waals surface area contributed by atoms with Crippen LogP contribution in [0.2, 0.25) is 0 Å². The van der Waals surface area contributed by atoms with Crippen molar-refractivity contribution in [3.05, 3.63) is 12.2 Å². The average molecular weight is 128 g/mol. The Morgan fingerprint density at radius 2 is 2.11 bits per heavy atom. The predicted molar refractivity (Wildman–Crippen MR) is 40.4 cm³/mol. The van der Waals surface area contributed by atoms with Crippen LogP contribution in [-0.4, -0.2) is 5.48 Å². The van der Waals surface area contributed by atoms with Crippen molar-refractivity contribution in [2.45, 2.75) is 32.6 Å². The van der Waals surface area contributed by atoms with Gasteiger partial charge in [0.05, 0.1) is 0 Å². The second-order valence-corrected chi connectivity index (χ2v) is 2.53. The van der Waals surface area contributed by atoms with E-state index in [9.17, 15) is 0 Å². The Morgan fingerprint density at radius 1 is 1.44 bits per heavy atom. The van der Waals surface area contributed by atoms with Crippen LogP contribution in [-0.2, 0) is 0 Å². The second kappa shape index (κ2) is 4.57. The van der Waals surface area contributed by atoms with Gasteiger partial charge in [-0.2, -0.15) is 0 Å². The van der Waals surface area contributed by atoms with Crippen LogP contribution in [0.1, 0.15) is 32.6 Å². The van der Waals surface area contributed by atoms with Crippen molar-refractivity contribution in [3.8, 4) is 0 Å². The molecule has 0 atom stereocenters. The van der Waals surface area contributed by atoms with Gasteiger partial charge in [-0.15, -0.1) is 0 Å². The molecule has 0 spiro atoms. The normalized spacial score (nSPS) is 19.2. The topological polar surface area (TPSA) is 31.5 Å². The fraction of sp³-hybridized carbons (Fsp3) is 0.750. The molecule has 0 heterocycles. The molecule has 0 unspecified atom stereocenters. The Balaban J connectivity index is 0.000000640. The van der Waals surface area contributed by atoms with Crippen LogP contribution in [0.5, 0.6) is 0 Å². The van der Waals surface area contributed by atoms with E-state index in [4.69, 9.17) is 0 Å². The third kappa shape index (κ3) is 2.66. The molecule has 1 saturated carbocycles. The lowest BCUT2D eigenvalue weighted by molar-refractivity contribution is 0.387. The summed E-state index contributed by atoms with van der Waals surface area (Å²) in [6, 6.07) is 0. The molecule has 0 aromatic carbocycles. The van der Waals surface area contributed by atoms with E-state index in [0.29, 0.717) is 0 Å². The van der Waals surface area contributed by atoms with Crippen molar-refractivity contribution in [1.29, 1.82) is 0 Å². The lowest BCUT2D eigenvalue weighted by Crippen LogP contribution is -2.06. The van der Waals surface area contributed by atoms with Gasteiger partial charge in [0.2, 0.25) is 0 Å². The van der Waals surface area contributed by atoms with E-state index in [1.54, 1.807) is 0 Å². The molecule has 0 amide bonds. The number of hydrogen-bond acceptors (Lipinski definition) is 0. The summed E-state index contributed by atoms with van der Waals surface area (Å²) >= 11 is 0. The van der Waals surface area contributed by atoms with Gasteiger partial charge < -0.3 is 5.48 Å². The highest BCUT2D eigenvalue weighted by molar-refractivity contribution is 4.91. The SMILES string of the molecule is CCC=CC1CCC1.O. The molecule has 1 aliphatic carbocycles. The van der Waals surface area contributed by atoms with Gasteiger partial charge >= 0.3 is 0 Å². The Kier molecular flexibility index (Phi) is 4.41. The molecule has 0 aromatic rings. The van der Waals surface area contributed by atoms with Crippen LogP contribution in [0, 0.1) is 5.92 Å². The standard InChI is InChI=1S/C8H14.H2O/c1-2-3-5-8-6-4-7-8;/h3,5,8H,2,4,6-7H2,1H3;1H2. The van der Waals surface area contributed by atoms with Gasteiger partial charge in [0, 0.05) is 0 Å². The van der Waals surface area contributed by atoms with E-state index < -0.39 is 0 Å². The summed E-state index contributed by atoms with van der Waals surface area (Å²) in [6.45, 7) is 2.19. The minimum atomic E-state index is 0. The largest absolute Gasteiger partial charge is 0.412 e. The minimum Gasteiger partial charge on any atom is -0.412 e.